The third-order valence-electron chi connectivity index (χ3n) is 4.38. The highest BCUT2D eigenvalue weighted by atomic mass is 79.9. The topological polar surface area (TPSA) is 68.8 Å². The van der Waals surface area contributed by atoms with Crippen LogP contribution in [-0.4, -0.2) is 32.3 Å². The van der Waals surface area contributed by atoms with Crippen LogP contribution in [0.1, 0.15) is 25.5 Å². The molecule has 0 aliphatic carbocycles. The molecule has 2 N–H and O–H groups in total. The number of hydrogen-bond donors (Lipinski definition) is 2. The summed E-state index contributed by atoms with van der Waals surface area (Å²) in [5.74, 6) is 2.00. The van der Waals surface area contributed by atoms with E-state index >= 15 is 0 Å². The van der Waals surface area contributed by atoms with Crippen LogP contribution in [0.3, 0.4) is 0 Å². The van der Waals surface area contributed by atoms with Crippen molar-refractivity contribution in [3.8, 4) is 17.2 Å². The lowest BCUT2D eigenvalue weighted by Gasteiger charge is -2.22. The van der Waals surface area contributed by atoms with E-state index in [9.17, 15) is 4.79 Å². The Morgan fingerprint density at radius 1 is 1.11 bits per heavy atom. The summed E-state index contributed by atoms with van der Waals surface area (Å²) in [6.07, 6.45) is 0. The van der Waals surface area contributed by atoms with E-state index in [2.05, 4.69) is 26.6 Å². The van der Waals surface area contributed by atoms with Gasteiger partial charge in [0, 0.05) is 17.8 Å². The molecule has 7 heteroatoms. The van der Waals surface area contributed by atoms with E-state index in [1.807, 2.05) is 38.1 Å². The molecule has 2 aromatic carbocycles. The lowest BCUT2D eigenvalue weighted by molar-refractivity contribution is -0.117. The van der Waals surface area contributed by atoms with E-state index < -0.39 is 0 Å². The van der Waals surface area contributed by atoms with Crippen LogP contribution in [0.4, 0.5) is 5.69 Å². The minimum absolute atomic E-state index is 0.00628. The number of amides is 1. The fraction of sp³-hybridized carbons (Fsp3) is 0.350. The van der Waals surface area contributed by atoms with Gasteiger partial charge in [-0.3, -0.25) is 10.1 Å². The van der Waals surface area contributed by atoms with Crippen molar-refractivity contribution in [3.63, 3.8) is 0 Å². The molecule has 0 saturated heterocycles. The van der Waals surface area contributed by atoms with Gasteiger partial charge in [0.15, 0.2) is 11.5 Å². The van der Waals surface area contributed by atoms with Gasteiger partial charge < -0.3 is 19.5 Å². The summed E-state index contributed by atoms with van der Waals surface area (Å²) in [5.41, 5.74) is 1.74. The summed E-state index contributed by atoms with van der Waals surface area (Å²) in [7, 11) is 1.63. The summed E-state index contributed by atoms with van der Waals surface area (Å²) in [5, 5.41) is 6.23. The van der Waals surface area contributed by atoms with Crippen molar-refractivity contribution in [2.75, 3.05) is 25.6 Å². The summed E-state index contributed by atoms with van der Waals surface area (Å²) >= 11 is 3.49. The Balaban J connectivity index is 1.61. The first-order valence-electron chi connectivity index (χ1n) is 8.78. The number of rotatable bonds is 6. The molecule has 1 aliphatic rings. The molecule has 1 aliphatic heterocycles. The number of halogens is 1. The maximum Gasteiger partial charge on any atom is 0.241 e. The van der Waals surface area contributed by atoms with Gasteiger partial charge in [-0.05, 0) is 59.6 Å². The van der Waals surface area contributed by atoms with Crippen molar-refractivity contribution in [2.24, 2.45) is 0 Å². The molecule has 27 heavy (non-hydrogen) atoms. The Labute approximate surface area is 167 Å². The van der Waals surface area contributed by atoms with Gasteiger partial charge in [-0.1, -0.05) is 6.07 Å². The molecule has 2 unspecified atom stereocenters. The summed E-state index contributed by atoms with van der Waals surface area (Å²) < 4.78 is 17.2. The van der Waals surface area contributed by atoms with E-state index in [1.54, 1.807) is 19.2 Å². The molecule has 144 valence electrons. The minimum Gasteiger partial charge on any atom is -0.496 e. The maximum absolute atomic E-state index is 12.5. The molecule has 0 bridgehead atoms. The maximum atomic E-state index is 12.5. The lowest BCUT2D eigenvalue weighted by atomic mass is 10.1. The largest absolute Gasteiger partial charge is 0.496 e. The monoisotopic (exact) mass is 434 g/mol. The van der Waals surface area contributed by atoms with Crippen LogP contribution < -0.4 is 24.8 Å². The summed E-state index contributed by atoms with van der Waals surface area (Å²) in [4.78, 5) is 12.5. The Kier molecular flexibility index (Phi) is 6.23. The molecule has 0 saturated carbocycles. The molecular formula is C20H23BrN2O4. The summed E-state index contributed by atoms with van der Waals surface area (Å²) in [6, 6.07) is 10.9. The third-order valence-corrected chi connectivity index (χ3v) is 5.00. The SMILES string of the molecule is COc1ccc(C(C)NC(C)C(=O)Nc2ccc3c(c2)OCCO3)cc1Br. The van der Waals surface area contributed by atoms with Crippen molar-refractivity contribution in [2.45, 2.75) is 25.9 Å². The molecule has 0 fully saturated rings. The molecular weight excluding hydrogens is 412 g/mol. The third kappa shape index (κ3) is 4.73. The van der Waals surface area contributed by atoms with E-state index in [4.69, 9.17) is 14.2 Å². The van der Waals surface area contributed by atoms with Crippen LogP contribution in [0.5, 0.6) is 17.2 Å². The smallest absolute Gasteiger partial charge is 0.241 e. The van der Waals surface area contributed by atoms with Gasteiger partial charge in [-0.25, -0.2) is 0 Å². The zero-order valence-corrected chi connectivity index (χ0v) is 17.1. The van der Waals surface area contributed by atoms with Crippen LogP contribution in [0, 0.1) is 0 Å². The average Bonchev–Trinajstić information content (AvgIpc) is 2.67. The highest BCUT2D eigenvalue weighted by Crippen LogP contribution is 2.32. The van der Waals surface area contributed by atoms with Gasteiger partial charge in [0.25, 0.3) is 0 Å². The molecule has 2 aromatic rings. The van der Waals surface area contributed by atoms with Crippen LogP contribution >= 0.6 is 15.9 Å². The number of hydrogen-bond acceptors (Lipinski definition) is 5. The van der Waals surface area contributed by atoms with Gasteiger partial charge in [0.05, 0.1) is 17.6 Å². The number of methoxy groups -OCH3 is 1. The van der Waals surface area contributed by atoms with Gasteiger partial charge >= 0.3 is 0 Å². The predicted octanol–water partition coefficient (Wildman–Crippen LogP) is 3.91. The summed E-state index contributed by atoms with van der Waals surface area (Å²) in [6.45, 7) is 4.90. The van der Waals surface area contributed by atoms with Crippen LogP contribution in [-0.2, 0) is 4.79 Å². The van der Waals surface area contributed by atoms with Crippen LogP contribution in [0.15, 0.2) is 40.9 Å². The molecule has 1 heterocycles. The van der Waals surface area contributed by atoms with E-state index in [1.165, 1.54) is 0 Å². The van der Waals surface area contributed by atoms with Gasteiger partial charge in [0.1, 0.15) is 19.0 Å². The number of anilines is 1. The minimum atomic E-state index is -0.380. The first kappa shape index (κ1) is 19.5. The second-order valence-corrected chi connectivity index (χ2v) is 7.21. The van der Waals surface area contributed by atoms with Gasteiger partial charge in [0.2, 0.25) is 5.91 Å². The zero-order chi connectivity index (χ0) is 19.4. The molecule has 0 spiro atoms. The van der Waals surface area contributed by atoms with E-state index in [-0.39, 0.29) is 18.0 Å². The zero-order valence-electron chi connectivity index (χ0n) is 15.5. The normalized spacial score (nSPS) is 15.0. The van der Waals surface area contributed by atoms with Crippen molar-refractivity contribution >= 4 is 27.5 Å². The Bertz CT molecular complexity index is 828. The quantitative estimate of drug-likeness (QED) is 0.721. The van der Waals surface area contributed by atoms with E-state index in [0.717, 1.165) is 15.8 Å². The first-order chi connectivity index (χ1) is 13.0. The first-order valence-corrected chi connectivity index (χ1v) is 9.57. The Hall–Kier alpha value is -2.25. The highest BCUT2D eigenvalue weighted by Gasteiger charge is 2.18. The second kappa shape index (κ2) is 8.63. The standard InChI is InChI=1S/C20H23BrN2O4/c1-12(14-4-6-17(25-3)16(21)10-14)22-13(2)20(24)23-15-5-7-18-19(11-15)27-9-8-26-18/h4-7,10-13,22H,8-9H2,1-3H3,(H,23,24). The number of benzene rings is 2. The predicted molar refractivity (Wildman–Crippen MR) is 108 cm³/mol. The van der Waals surface area contributed by atoms with Crippen molar-refractivity contribution in [1.82, 2.24) is 5.32 Å². The van der Waals surface area contributed by atoms with Crippen molar-refractivity contribution in [1.29, 1.82) is 0 Å². The van der Waals surface area contributed by atoms with Crippen molar-refractivity contribution in [3.05, 3.63) is 46.4 Å². The number of nitrogens with one attached hydrogen (secondary N) is 2. The molecule has 0 radical (unpaired) electrons. The highest BCUT2D eigenvalue weighted by molar-refractivity contribution is 9.10. The average molecular weight is 435 g/mol. The van der Waals surface area contributed by atoms with Crippen LogP contribution in [0.25, 0.3) is 0 Å². The molecule has 2 atom stereocenters. The number of carbonyl (C=O) groups excluding carboxylic acids is 1. The molecule has 0 aromatic heterocycles. The lowest BCUT2D eigenvalue weighted by Crippen LogP contribution is -2.39. The Morgan fingerprint density at radius 3 is 2.56 bits per heavy atom. The molecule has 6 nitrogen and oxygen atoms in total. The number of fused-ring (bicyclic) bond motifs is 1. The fourth-order valence-corrected chi connectivity index (χ4v) is 3.43. The second-order valence-electron chi connectivity index (χ2n) is 6.35. The molecule has 1 amide bonds. The fourth-order valence-electron chi connectivity index (χ4n) is 2.87. The van der Waals surface area contributed by atoms with Crippen molar-refractivity contribution < 1.29 is 19.0 Å². The number of carbonyl (C=O) groups is 1. The van der Waals surface area contributed by atoms with Crippen LogP contribution in [0.2, 0.25) is 0 Å². The Morgan fingerprint density at radius 2 is 1.85 bits per heavy atom. The number of ether oxygens (including phenoxy) is 3. The molecule has 3 rings (SSSR count). The van der Waals surface area contributed by atoms with Gasteiger partial charge in [-0.15, -0.1) is 0 Å². The van der Waals surface area contributed by atoms with E-state index in [0.29, 0.717) is 30.4 Å². The van der Waals surface area contributed by atoms with Gasteiger partial charge in [-0.2, -0.15) is 0 Å².